The number of aryl methyl sites for hydroxylation is 3. The molecule has 2 fully saturated rings. The van der Waals surface area contributed by atoms with E-state index in [0.29, 0.717) is 12.0 Å². The van der Waals surface area contributed by atoms with Gasteiger partial charge in [-0.1, -0.05) is 17.4 Å². The first-order valence-corrected chi connectivity index (χ1v) is 10.6. The Labute approximate surface area is 162 Å². The van der Waals surface area contributed by atoms with E-state index in [1.807, 2.05) is 4.57 Å². The Bertz CT molecular complexity index is 1070. The minimum Gasteiger partial charge on any atom is -0.348 e. The molecule has 3 aromatic rings. The first-order valence-electron chi connectivity index (χ1n) is 9.80. The van der Waals surface area contributed by atoms with Crippen molar-refractivity contribution < 1.29 is 0 Å². The maximum atomic E-state index is 12.4. The minimum absolute atomic E-state index is 0.0481. The van der Waals surface area contributed by atoms with Crippen molar-refractivity contribution in [2.75, 3.05) is 18.0 Å². The van der Waals surface area contributed by atoms with Gasteiger partial charge in [0.2, 0.25) is 0 Å². The number of aromatic nitrogens is 4. The summed E-state index contributed by atoms with van der Waals surface area (Å²) in [5, 5.41) is 5.71. The van der Waals surface area contributed by atoms with Crippen LogP contribution in [0, 0.1) is 13.8 Å². The van der Waals surface area contributed by atoms with Crippen LogP contribution in [-0.2, 0) is 7.05 Å². The first kappa shape index (κ1) is 17.0. The second-order valence-electron chi connectivity index (χ2n) is 7.98. The molecule has 1 saturated heterocycles. The molecule has 1 aliphatic carbocycles. The van der Waals surface area contributed by atoms with Crippen molar-refractivity contribution in [3.63, 3.8) is 0 Å². The number of fused-ring (bicyclic) bond motifs is 1. The van der Waals surface area contributed by atoms with Gasteiger partial charge in [-0.05, 0) is 56.7 Å². The highest BCUT2D eigenvalue weighted by Gasteiger charge is 2.34. The van der Waals surface area contributed by atoms with Crippen LogP contribution in [-0.4, -0.2) is 32.4 Å². The van der Waals surface area contributed by atoms with Crippen LogP contribution in [0.15, 0.2) is 16.9 Å². The lowest BCUT2D eigenvalue weighted by Crippen LogP contribution is -2.34. The van der Waals surface area contributed by atoms with Crippen LogP contribution in [0.1, 0.15) is 54.6 Å². The number of hydrogen-bond donors (Lipinski definition) is 0. The number of benzene rings is 1. The zero-order valence-electron chi connectivity index (χ0n) is 16.1. The molecular formula is C20H25N5OS. The zero-order chi connectivity index (χ0) is 18.7. The van der Waals surface area contributed by atoms with Crippen LogP contribution in [0.5, 0.6) is 0 Å². The van der Waals surface area contributed by atoms with Crippen LogP contribution in [0.4, 0.5) is 5.13 Å². The molecule has 1 aromatic carbocycles. The fourth-order valence-electron chi connectivity index (χ4n) is 4.13. The smallest absolute Gasteiger partial charge is 0.345 e. The van der Waals surface area contributed by atoms with Crippen molar-refractivity contribution in [3.8, 4) is 0 Å². The molecule has 0 N–H and O–H groups in total. The lowest BCUT2D eigenvalue weighted by molar-refractivity contribution is 0.462. The second kappa shape index (κ2) is 6.19. The number of rotatable bonds is 3. The van der Waals surface area contributed by atoms with E-state index in [2.05, 4.69) is 36.0 Å². The van der Waals surface area contributed by atoms with Crippen molar-refractivity contribution in [1.29, 1.82) is 0 Å². The van der Waals surface area contributed by atoms with Crippen molar-refractivity contribution in [3.05, 3.63) is 39.6 Å². The van der Waals surface area contributed by atoms with E-state index < -0.39 is 0 Å². The fraction of sp³-hybridized carbons (Fsp3) is 0.550. The highest BCUT2D eigenvalue weighted by atomic mass is 32.1. The molecule has 5 rings (SSSR count). The van der Waals surface area contributed by atoms with Crippen LogP contribution >= 0.6 is 11.3 Å². The van der Waals surface area contributed by atoms with Gasteiger partial charge in [-0.15, -0.1) is 0 Å². The van der Waals surface area contributed by atoms with Crippen LogP contribution < -0.4 is 10.6 Å². The standard InChI is InChI=1S/C20H25N5OS/c1-12-4-7-16-17(13(12)2)21-19(27-16)24-10-8-14(9-11-24)18-22-23(3)20(26)25(18)15-5-6-15/h4,7,14-15H,5-6,8-11H2,1-3H3. The van der Waals surface area contributed by atoms with Crippen molar-refractivity contribution in [1.82, 2.24) is 19.3 Å². The molecule has 1 saturated carbocycles. The summed E-state index contributed by atoms with van der Waals surface area (Å²) in [5.74, 6) is 1.37. The van der Waals surface area contributed by atoms with E-state index in [1.54, 1.807) is 18.4 Å². The highest BCUT2D eigenvalue weighted by molar-refractivity contribution is 7.22. The Morgan fingerprint density at radius 1 is 1.11 bits per heavy atom. The molecule has 27 heavy (non-hydrogen) atoms. The van der Waals surface area contributed by atoms with Crippen LogP contribution in [0.25, 0.3) is 10.2 Å². The molecule has 3 heterocycles. The maximum absolute atomic E-state index is 12.4. The zero-order valence-corrected chi connectivity index (χ0v) is 16.9. The van der Waals surface area contributed by atoms with E-state index in [-0.39, 0.29) is 5.69 Å². The number of nitrogens with zero attached hydrogens (tertiary/aromatic N) is 5. The molecule has 2 aromatic heterocycles. The van der Waals surface area contributed by atoms with Crippen molar-refractivity contribution in [2.45, 2.75) is 51.5 Å². The topological polar surface area (TPSA) is 56.0 Å². The molecular weight excluding hydrogens is 358 g/mol. The van der Waals surface area contributed by atoms with Gasteiger partial charge in [0.25, 0.3) is 0 Å². The summed E-state index contributed by atoms with van der Waals surface area (Å²) in [6, 6.07) is 4.76. The third-order valence-electron chi connectivity index (χ3n) is 6.10. The van der Waals surface area contributed by atoms with Gasteiger partial charge in [0.05, 0.1) is 10.2 Å². The van der Waals surface area contributed by atoms with Gasteiger partial charge in [0.1, 0.15) is 5.82 Å². The molecule has 0 unspecified atom stereocenters. The molecule has 0 spiro atoms. The third kappa shape index (κ3) is 2.79. The molecule has 0 bridgehead atoms. The average Bonchev–Trinajstić information content (AvgIpc) is 3.34. The molecule has 6 nitrogen and oxygen atoms in total. The third-order valence-corrected chi connectivity index (χ3v) is 7.18. The van der Waals surface area contributed by atoms with Crippen LogP contribution in [0.2, 0.25) is 0 Å². The molecule has 0 amide bonds. The Morgan fingerprint density at radius 3 is 2.56 bits per heavy atom. The SMILES string of the molecule is Cc1ccc2sc(N3CCC(c4nn(C)c(=O)n4C4CC4)CC3)nc2c1C. The molecule has 2 aliphatic rings. The fourth-order valence-corrected chi connectivity index (χ4v) is 5.21. The van der Waals surface area contributed by atoms with Gasteiger partial charge in [-0.3, -0.25) is 4.57 Å². The van der Waals surface area contributed by atoms with Gasteiger partial charge >= 0.3 is 5.69 Å². The quantitative estimate of drug-likeness (QED) is 0.694. The largest absolute Gasteiger partial charge is 0.348 e. The van der Waals surface area contributed by atoms with E-state index in [1.165, 1.54) is 20.5 Å². The van der Waals surface area contributed by atoms with Crippen molar-refractivity contribution in [2.24, 2.45) is 7.05 Å². The van der Waals surface area contributed by atoms with Gasteiger partial charge < -0.3 is 4.90 Å². The molecule has 0 atom stereocenters. The predicted molar refractivity (Wildman–Crippen MR) is 109 cm³/mol. The lowest BCUT2D eigenvalue weighted by atomic mass is 9.96. The van der Waals surface area contributed by atoms with E-state index >= 15 is 0 Å². The summed E-state index contributed by atoms with van der Waals surface area (Å²) in [5.41, 5.74) is 3.77. The highest BCUT2D eigenvalue weighted by Crippen LogP contribution is 2.39. The number of piperidine rings is 1. The Balaban J connectivity index is 1.37. The summed E-state index contributed by atoms with van der Waals surface area (Å²) < 4.78 is 4.74. The average molecular weight is 384 g/mol. The minimum atomic E-state index is 0.0481. The van der Waals surface area contributed by atoms with Gasteiger partial charge in [-0.25, -0.2) is 14.5 Å². The summed E-state index contributed by atoms with van der Waals surface area (Å²) in [6.45, 7) is 6.24. The number of thiazole rings is 1. The second-order valence-corrected chi connectivity index (χ2v) is 8.99. The number of hydrogen-bond acceptors (Lipinski definition) is 5. The normalized spacial score (nSPS) is 18.6. The summed E-state index contributed by atoms with van der Waals surface area (Å²) >= 11 is 1.79. The van der Waals surface area contributed by atoms with Crippen LogP contribution in [0.3, 0.4) is 0 Å². The monoisotopic (exact) mass is 383 g/mol. The van der Waals surface area contributed by atoms with Gasteiger partial charge in [0.15, 0.2) is 5.13 Å². The molecule has 142 valence electrons. The van der Waals surface area contributed by atoms with E-state index in [0.717, 1.165) is 55.2 Å². The van der Waals surface area contributed by atoms with Gasteiger partial charge in [0, 0.05) is 32.1 Å². The first-order chi connectivity index (χ1) is 13.0. The predicted octanol–water partition coefficient (Wildman–Crippen LogP) is 3.53. The summed E-state index contributed by atoms with van der Waals surface area (Å²) in [6.07, 6.45) is 4.28. The Kier molecular flexibility index (Phi) is 3.89. The Morgan fingerprint density at radius 2 is 1.85 bits per heavy atom. The number of anilines is 1. The molecule has 0 radical (unpaired) electrons. The van der Waals surface area contributed by atoms with Gasteiger partial charge in [-0.2, -0.15) is 5.10 Å². The lowest BCUT2D eigenvalue weighted by Gasteiger charge is -2.31. The van der Waals surface area contributed by atoms with Crippen molar-refractivity contribution >= 4 is 26.7 Å². The summed E-state index contributed by atoms with van der Waals surface area (Å²) in [7, 11) is 1.77. The van der Waals surface area contributed by atoms with E-state index in [9.17, 15) is 4.79 Å². The maximum Gasteiger partial charge on any atom is 0.345 e. The molecule has 7 heteroatoms. The van der Waals surface area contributed by atoms with E-state index in [4.69, 9.17) is 4.98 Å². The summed E-state index contributed by atoms with van der Waals surface area (Å²) in [4.78, 5) is 19.7. The molecule has 1 aliphatic heterocycles. The Hall–Kier alpha value is -2.15.